The van der Waals surface area contributed by atoms with Crippen molar-refractivity contribution in [2.45, 2.75) is 38.3 Å². The van der Waals surface area contributed by atoms with Gasteiger partial charge in [0, 0.05) is 10.0 Å². The number of carbonyl (C=O) groups excluding carboxylic acids is 1. The van der Waals surface area contributed by atoms with Crippen LogP contribution in [0.2, 0.25) is 10.0 Å². The largest absolute Gasteiger partial charge is 0.481 e. The number of esters is 1. The van der Waals surface area contributed by atoms with Crippen LogP contribution in [0.15, 0.2) is 18.2 Å². The van der Waals surface area contributed by atoms with Gasteiger partial charge in [-0.05, 0) is 44.5 Å². The van der Waals surface area contributed by atoms with Gasteiger partial charge >= 0.3 is 11.9 Å². The van der Waals surface area contributed by atoms with E-state index < -0.39 is 29.5 Å². The van der Waals surface area contributed by atoms with E-state index in [9.17, 15) is 9.59 Å². The van der Waals surface area contributed by atoms with E-state index >= 15 is 0 Å². The molecule has 21 heavy (non-hydrogen) atoms. The molecule has 0 saturated heterocycles. The Morgan fingerprint density at radius 2 is 1.67 bits per heavy atom. The number of halogens is 2. The first-order valence-electron chi connectivity index (χ1n) is 6.15. The molecule has 0 amide bonds. The van der Waals surface area contributed by atoms with Gasteiger partial charge in [-0.3, -0.25) is 4.79 Å². The highest BCUT2D eigenvalue weighted by atomic mass is 35.5. The number of aliphatic carboxylic acids is 1. The topological polar surface area (TPSA) is 89.6 Å². The first-order valence-corrected chi connectivity index (χ1v) is 6.90. The van der Waals surface area contributed by atoms with Gasteiger partial charge in [0.1, 0.15) is 5.60 Å². The molecule has 116 valence electrons. The average molecular weight is 334 g/mol. The van der Waals surface area contributed by atoms with Crippen molar-refractivity contribution in [3.63, 3.8) is 0 Å². The number of ether oxygens (including phenoxy) is 1. The van der Waals surface area contributed by atoms with Crippen molar-refractivity contribution in [3.8, 4) is 0 Å². The number of carbonyl (C=O) groups is 2. The SMILES string of the molecule is CC(C)(C)OC(=O)C(N)(CC(=O)O)c1cc(Cl)cc(Cl)c1. The molecule has 1 aromatic rings. The predicted octanol–water partition coefficient (Wildman–Crippen LogP) is 2.96. The lowest BCUT2D eigenvalue weighted by atomic mass is 9.87. The first kappa shape index (κ1) is 17.8. The van der Waals surface area contributed by atoms with Gasteiger partial charge in [-0.25, -0.2) is 4.79 Å². The van der Waals surface area contributed by atoms with E-state index in [1.807, 2.05) is 0 Å². The maximum Gasteiger partial charge on any atom is 0.331 e. The van der Waals surface area contributed by atoms with Crippen molar-refractivity contribution in [2.24, 2.45) is 5.73 Å². The standard InChI is InChI=1S/C14H17Cl2NO4/c1-13(2,3)21-12(20)14(17,7-11(18)19)8-4-9(15)6-10(16)5-8/h4-6H,7,17H2,1-3H3,(H,18,19). The molecule has 7 heteroatoms. The molecule has 1 atom stereocenters. The second-order valence-corrected chi connectivity index (χ2v) is 6.57. The lowest BCUT2D eigenvalue weighted by molar-refractivity contribution is -0.165. The summed E-state index contributed by atoms with van der Waals surface area (Å²) in [6, 6.07) is 4.27. The van der Waals surface area contributed by atoms with E-state index in [-0.39, 0.29) is 15.6 Å². The molecule has 5 nitrogen and oxygen atoms in total. The van der Waals surface area contributed by atoms with E-state index in [1.54, 1.807) is 20.8 Å². The predicted molar refractivity (Wildman–Crippen MR) is 80.4 cm³/mol. The summed E-state index contributed by atoms with van der Waals surface area (Å²) in [4.78, 5) is 23.4. The highest BCUT2D eigenvalue weighted by molar-refractivity contribution is 6.34. The van der Waals surface area contributed by atoms with Gasteiger partial charge in [-0.2, -0.15) is 0 Å². The molecule has 0 aliphatic heterocycles. The number of carboxylic acid groups (broad SMARTS) is 1. The number of hydrogen-bond acceptors (Lipinski definition) is 4. The Morgan fingerprint density at radius 3 is 2.05 bits per heavy atom. The van der Waals surface area contributed by atoms with Gasteiger partial charge in [0.15, 0.2) is 5.54 Å². The highest BCUT2D eigenvalue weighted by Crippen LogP contribution is 2.31. The van der Waals surface area contributed by atoms with Gasteiger partial charge in [0.25, 0.3) is 0 Å². The minimum Gasteiger partial charge on any atom is -0.481 e. The molecule has 1 aromatic carbocycles. The summed E-state index contributed by atoms with van der Waals surface area (Å²) >= 11 is 11.8. The summed E-state index contributed by atoms with van der Waals surface area (Å²) in [5.41, 5.74) is 3.56. The molecule has 0 fully saturated rings. The summed E-state index contributed by atoms with van der Waals surface area (Å²) in [5.74, 6) is -2.09. The van der Waals surface area contributed by atoms with Crippen molar-refractivity contribution < 1.29 is 19.4 Å². The molecule has 0 aliphatic rings. The fourth-order valence-electron chi connectivity index (χ4n) is 1.71. The zero-order valence-corrected chi connectivity index (χ0v) is 13.5. The van der Waals surface area contributed by atoms with E-state index in [0.29, 0.717) is 0 Å². The Hall–Kier alpha value is -1.30. The van der Waals surface area contributed by atoms with Crippen LogP contribution in [0.1, 0.15) is 32.8 Å². The lowest BCUT2D eigenvalue weighted by Crippen LogP contribution is -2.49. The maximum atomic E-state index is 12.3. The zero-order chi connectivity index (χ0) is 16.4. The third-order valence-corrected chi connectivity index (χ3v) is 3.01. The molecule has 0 aromatic heterocycles. The quantitative estimate of drug-likeness (QED) is 0.826. The van der Waals surface area contributed by atoms with Crippen LogP contribution in [0, 0.1) is 0 Å². The third kappa shape index (κ3) is 4.88. The normalized spacial score (nSPS) is 14.4. The lowest BCUT2D eigenvalue weighted by Gasteiger charge is -2.30. The fraction of sp³-hybridized carbons (Fsp3) is 0.429. The van der Waals surface area contributed by atoms with Crippen LogP contribution in [0.5, 0.6) is 0 Å². The summed E-state index contributed by atoms with van der Waals surface area (Å²) in [7, 11) is 0. The Labute approximate surface area is 133 Å². The Kier molecular flexibility index (Phi) is 5.25. The van der Waals surface area contributed by atoms with Crippen LogP contribution >= 0.6 is 23.2 Å². The number of benzene rings is 1. The van der Waals surface area contributed by atoms with Crippen molar-refractivity contribution in [3.05, 3.63) is 33.8 Å². The molecule has 0 spiro atoms. The smallest absolute Gasteiger partial charge is 0.331 e. The zero-order valence-electron chi connectivity index (χ0n) is 11.9. The number of rotatable bonds is 4. The molecule has 0 radical (unpaired) electrons. The molecule has 0 bridgehead atoms. The number of hydrogen-bond donors (Lipinski definition) is 2. The molecule has 1 rings (SSSR count). The van der Waals surface area contributed by atoms with E-state index in [0.717, 1.165) is 0 Å². The first-order chi connectivity index (χ1) is 9.44. The summed E-state index contributed by atoms with van der Waals surface area (Å²) in [5, 5.41) is 9.54. The molecule has 1 unspecified atom stereocenters. The summed E-state index contributed by atoms with van der Waals surface area (Å²) < 4.78 is 5.22. The summed E-state index contributed by atoms with van der Waals surface area (Å²) in [6.07, 6.45) is -0.640. The minimum absolute atomic E-state index is 0.191. The van der Waals surface area contributed by atoms with Gasteiger partial charge in [-0.1, -0.05) is 23.2 Å². The second-order valence-electron chi connectivity index (χ2n) is 5.70. The van der Waals surface area contributed by atoms with Crippen molar-refractivity contribution >= 4 is 35.1 Å². The van der Waals surface area contributed by atoms with Crippen molar-refractivity contribution in [2.75, 3.05) is 0 Å². The molecular formula is C14H17Cl2NO4. The van der Waals surface area contributed by atoms with Gasteiger partial charge in [0.05, 0.1) is 6.42 Å². The van der Waals surface area contributed by atoms with Crippen LogP contribution in [-0.2, 0) is 19.9 Å². The molecule has 0 heterocycles. The van der Waals surface area contributed by atoms with Crippen molar-refractivity contribution in [1.82, 2.24) is 0 Å². The highest BCUT2D eigenvalue weighted by Gasteiger charge is 2.42. The molecular weight excluding hydrogens is 317 g/mol. The van der Waals surface area contributed by atoms with E-state index in [4.69, 9.17) is 38.8 Å². The van der Waals surface area contributed by atoms with Crippen LogP contribution in [0.3, 0.4) is 0 Å². The number of carboxylic acids is 1. The van der Waals surface area contributed by atoms with E-state index in [2.05, 4.69) is 0 Å². The Balaban J connectivity index is 3.32. The minimum atomic E-state index is -1.87. The monoisotopic (exact) mass is 333 g/mol. The average Bonchev–Trinajstić information content (AvgIpc) is 2.23. The van der Waals surface area contributed by atoms with Gasteiger partial charge in [0.2, 0.25) is 0 Å². The molecule has 3 N–H and O–H groups in total. The molecule has 0 aliphatic carbocycles. The fourth-order valence-corrected chi connectivity index (χ4v) is 2.24. The van der Waals surface area contributed by atoms with Crippen LogP contribution in [-0.4, -0.2) is 22.6 Å². The Bertz CT molecular complexity index is 548. The van der Waals surface area contributed by atoms with Crippen LogP contribution in [0.25, 0.3) is 0 Å². The van der Waals surface area contributed by atoms with Crippen molar-refractivity contribution in [1.29, 1.82) is 0 Å². The molecule has 0 saturated carbocycles. The van der Waals surface area contributed by atoms with Crippen LogP contribution < -0.4 is 5.73 Å². The van der Waals surface area contributed by atoms with Gasteiger partial charge in [-0.15, -0.1) is 0 Å². The number of nitrogens with two attached hydrogens (primary N) is 1. The third-order valence-electron chi connectivity index (χ3n) is 2.57. The van der Waals surface area contributed by atoms with Crippen LogP contribution in [0.4, 0.5) is 0 Å². The summed E-state index contributed by atoms with van der Waals surface area (Å²) in [6.45, 7) is 4.99. The van der Waals surface area contributed by atoms with Gasteiger partial charge < -0.3 is 15.6 Å². The second kappa shape index (κ2) is 6.22. The Morgan fingerprint density at radius 1 is 1.19 bits per heavy atom. The van der Waals surface area contributed by atoms with E-state index in [1.165, 1.54) is 18.2 Å². The maximum absolute atomic E-state index is 12.3.